The number of Topliss-reactive ketones (excluding diaryl/α,β-unsaturated/α-hetero) is 3. The van der Waals surface area contributed by atoms with E-state index in [0.717, 1.165) is 23.1 Å². The van der Waals surface area contributed by atoms with Crippen LogP contribution in [0.4, 0.5) is 0 Å². The SMILES string of the molecule is CCC(C(=O)CC(C(=O)/C(C)=C(/CC(C)C(C)=O)C(C)C)C(C)(C)C)C(C)(C)c1ccccc1. The highest BCUT2D eigenvalue weighted by molar-refractivity contribution is 6.00. The van der Waals surface area contributed by atoms with Crippen molar-refractivity contribution in [2.75, 3.05) is 0 Å². The average molecular weight is 469 g/mol. The van der Waals surface area contributed by atoms with Crippen LogP contribution in [0.25, 0.3) is 0 Å². The van der Waals surface area contributed by atoms with E-state index in [2.05, 4.69) is 46.8 Å². The fourth-order valence-electron chi connectivity index (χ4n) is 5.06. The van der Waals surface area contributed by atoms with E-state index in [1.54, 1.807) is 6.92 Å². The topological polar surface area (TPSA) is 51.2 Å². The molecule has 0 aliphatic carbocycles. The molecule has 190 valence electrons. The van der Waals surface area contributed by atoms with Crippen molar-refractivity contribution in [3.63, 3.8) is 0 Å². The molecular weight excluding hydrogens is 420 g/mol. The van der Waals surface area contributed by atoms with Gasteiger partial charge in [-0.2, -0.15) is 0 Å². The molecule has 1 aromatic carbocycles. The Hall–Kier alpha value is -2.03. The zero-order valence-electron chi connectivity index (χ0n) is 23.5. The molecule has 1 rings (SSSR count). The first-order valence-corrected chi connectivity index (χ1v) is 12.9. The summed E-state index contributed by atoms with van der Waals surface area (Å²) in [5.41, 5.74) is 2.24. The van der Waals surface area contributed by atoms with Crippen LogP contribution >= 0.6 is 0 Å². The monoisotopic (exact) mass is 468 g/mol. The first-order valence-electron chi connectivity index (χ1n) is 12.9. The molecule has 0 fully saturated rings. The van der Waals surface area contributed by atoms with E-state index in [1.165, 1.54) is 0 Å². The van der Waals surface area contributed by atoms with Crippen LogP contribution in [0.5, 0.6) is 0 Å². The van der Waals surface area contributed by atoms with Gasteiger partial charge in [0.2, 0.25) is 0 Å². The van der Waals surface area contributed by atoms with Crippen molar-refractivity contribution in [1.82, 2.24) is 0 Å². The molecule has 0 spiro atoms. The molecule has 0 N–H and O–H groups in total. The van der Waals surface area contributed by atoms with Crippen LogP contribution in [-0.4, -0.2) is 17.3 Å². The second kappa shape index (κ2) is 12.1. The van der Waals surface area contributed by atoms with Crippen molar-refractivity contribution >= 4 is 17.3 Å². The standard InChI is InChI=1S/C31H48O3/c1-12-26(31(10,11)24-16-14-13-15-17-24)28(33)19-27(30(7,8)9)29(34)22(5)25(20(2)3)18-21(4)23(6)32/h13-17,20-21,26-27H,12,18-19H2,1-11H3/b25-22-. The predicted octanol–water partition coefficient (Wildman–Crippen LogP) is 7.77. The summed E-state index contributed by atoms with van der Waals surface area (Å²) in [6, 6.07) is 10.2. The van der Waals surface area contributed by atoms with Gasteiger partial charge in [0, 0.05) is 24.2 Å². The van der Waals surface area contributed by atoms with Crippen molar-refractivity contribution in [1.29, 1.82) is 0 Å². The molecule has 3 atom stereocenters. The Morgan fingerprint density at radius 2 is 1.35 bits per heavy atom. The van der Waals surface area contributed by atoms with Crippen LogP contribution < -0.4 is 0 Å². The van der Waals surface area contributed by atoms with Crippen LogP contribution in [0, 0.1) is 29.1 Å². The van der Waals surface area contributed by atoms with Crippen molar-refractivity contribution in [2.24, 2.45) is 29.1 Å². The van der Waals surface area contributed by atoms with Gasteiger partial charge in [0.25, 0.3) is 0 Å². The van der Waals surface area contributed by atoms with Gasteiger partial charge in [0.1, 0.15) is 11.6 Å². The molecule has 0 saturated carbocycles. The largest absolute Gasteiger partial charge is 0.300 e. The average Bonchev–Trinajstić information content (AvgIpc) is 2.74. The van der Waals surface area contributed by atoms with Gasteiger partial charge in [-0.3, -0.25) is 14.4 Å². The van der Waals surface area contributed by atoms with E-state index in [0.29, 0.717) is 6.42 Å². The Morgan fingerprint density at radius 1 is 0.824 bits per heavy atom. The molecule has 3 unspecified atom stereocenters. The molecule has 0 bridgehead atoms. The summed E-state index contributed by atoms with van der Waals surface area (Å²) in [5.74, 6) is -0.183. The number of hydrogen-bond acceptors (Lipinski definition) is 3. The second-order valence-corrected chi connectivity index (χ2v) is 12.0. The van der Waals surface area contributed by atoms with Crippen LogP contribution in [-0.2, 0) is 19.8 Å². The highest BCUT2D eigenvalue weighted by Gasteiger charge is 2.40. The maximum absolute atomic E-state index is 13.9. The highest BCUT2D eigenvalue weighted by Crippen LogP contribution is 2.39. The number of allylic oxidation sites excluding steroid dienone is 2. The minimum atomic E-state index is -0.401. The predicted molar refractivity (Wildman–Crippen MR) is 143 cm³/mol. The molecule has 0 saturated heterocycles. The third-order valence-corrected chi connectivity index (χ3v) is 7.72. The lowest BCUT2D eigenvalue weighted by Gasteiger charge is -2.36. The molecule has 0 amide bonds. The summed E-state index contributed by atoms with van der Waals surface area (Å²) in [4.78, 5) is 39.5. The van der Waals surface area contributed by atoms with Crippen molar-refractivity contribution in [3.05, 3.63) is 47.0 Å². The molecule has 3 nitrogen and oxygen atoms in total. The second-order valence-electron chi connectivity index (χ2n) is 12.0. The van der Waals surface area contributed by atoms with Gasteiger partial charge in [0.15, 0.2) is 5.78 Å². The summed E-state index contributed by atoms with van der Waals surface area (Å²) < 4.78 is 0. The van der Waals surface area contributed by atoms with Gasteiger partial charge in [-0.25, -0.2) is 0 Å². The number of rotatable bonds is 12. The number of carbonyl (C=O) groups excluding carboxylic acids is 3. The quantitative estimate of drug-likeness (QED) is 0.294. The Kier molecular flexibility index (Phi) is 10.7. The highest BCUT2D eigenvalue weighted by atomic mass is 16.1. The summed E-state index contributed by atoms with van der Waals surface area (Å²) in [5, 5.41) is 0. The first kappa shape index (κ1) is 30.0. The Balaban J connectivity index is 3.35. The van der Waals surface area contributed by atoms with Crippen LogP contribution in [0.1, 0.15) is 101 Å². The Labute approximate surface area is 208 Å². The van der Waals surface area contributed by atoms with Gasteiger partial charge in [-0.1, -0.05) is 98.2 Å². The third kappa shape index (κ3) is 7.48. The Morgan fingerprint density at radius 3 is 1.76 bits per heavy atom. The minimum absolute atomic E-state index is 0.0488. The smallest absolute Gasteiger partial charge is 0.162 e. The fraction of sp³-hybridized carbons (Fsp3) is 0.645. The molecule has 0 aromatic heterocycles. The van der Waals surface area contributed by atoms with E-state index in [1.807, 2.05) is 52.8 Å². The number of ketones is 3. The molecule has 0 aliphatic rings. The van der Waals surface area contributed by atoms with Crippen LogP contribution in [0.15, 0.2) is 41.5 Å². The fourth-order valence-corrected chi connectivity index (χ4v) is 5.06. The zero-order valence-corrected chi connectivity index (χ0v) is 23.5. The van der Waals surface area contributed by atoms with Crippen molar-refractivity contribution in [3.8, 4) is 0 Å². The third-order valence-electron chi connectivity index (χ3n) is 7.72. The van der Waals surface area contributed by atoms with Crippen LogP contribution in [0.2, 0.25) is 0 Å². The number of hydrogen-bond donors (Lipinski definition) is 0. The van der Waals surface area contributed by atoms with E-state index in [9.17, 15) is 14.4 Å². The van der Waals surface area contributed by atoms with E-state index in [-0.39, 0.29) is 52.4 Å². The maximum Gasteiger partial charge on any atom is 0.162 e. The molecule has 34 heavy (non-hydrogen) atoms. The lowest BCUT2D eigenvalue weighted by molar-refractivity contribution is -0.132. The summed E-state index contributed by atoms with van der Waals surface area (Å²) >= 11 is 0. The molecule has 0 radical (unpaired) electrons. The molecule has 1 aromatic rings. The van der Waals surface area contributed by atoms with Crippen molar-refractivity contribution < 1.29 is 14.4 Å². The molecule has 0 aliphatic heterocycles. The van der Waals surface area contributed by atoms with Gasteiger partial charge >= 0.3 is 0 Å². The van der Waals surface area contributed by atoms with Gasteiger partial charge in [0.05, 0.1) is 0 Å². The van der Waals surface area contributed by atoms with E-state index in [4.69, 9.17) is 0 Å². The maximum atomic E-state index is 13.9. The van der Waals surface area contributed by atoms with Gasteiger partial charge < -0.3 is 0 Å². The van der Waals surface area contributed by atoms with Gasteiger partial charge in [-0.05, 0) is 54.6 Å². The molecule has 0 heterocycles. The normalized spacial score (nSPS) is 16.0. The molecular formula is C31H48O3. The summed E-state index contributed by atoms with van der Waals surface area (Å²) in [6.07, 6.45) is 1.56. The van der Waals surface area contributed by atoms with E-state index >= 15 is 0 Å². The van der Waals surface area contributed by atoms with E-state index < -0.39 is 5.92 Å². The molecule has 3 heteroatoms. The van der Waals surface area contributed by atoms with Gasteiger partial charge in [-0.15, -0.1) is 0 Å². The first-order chi connectivity index (χ1) is 15.5. The van der Waals surface area contributed by atoms with Crippen molar-refractivity contribution in [2.45, 2.75) is 101 Å². The zero-order chi connectivity index (χ0) is 26.4. The summed E-state index contributed by atoms with van der Waals surface area (Å²) in [6.45, 7) is 22.0. The number of benzene rings is 1. The van der Waals surface area contributed by atoms with Crippen LogP contribution in [0.3, 0.4) is 0 Å². The minimum Gasteiger partial charge on any atom is -0.300 e. The summed E-state index contributed by atoms with van der Waals surface area (Å²) in [7, 11) is 0. The lowest BCUT2D eigenvalue weighted by Crippen LogP contribution is -2.39. The lowest BCUT2D eigenvalue weighted by atomic mass is 9.66. The Bertz CT molecular complexity index is 881. The number of carbonyl (C=O) groups is 3.